The van der Waals surface area contributed by atoms with Crippen LogP contribution in [0, 0.1) is 0 Å². The Balaban J connectivity index is 1.66. The molecule has 22 heavy (non-hydrogen) atoms. The van der Waals surface area contributed by atoms with Crippen LogP contribution in [0.2, 0.25) is 0 Å². The molecule has 2 nitrogen and oxygen atoms in total. The first kappa shape index (κ1) is 14.5. The molecule has 0 bridgehead atoms. The van der Waals surface area contributed by atoms with E-state index in [4.69, 9.17) is 9.47 Å². The molecule has 0 aliphatic heterocycles. The Morgan fingerprint density at radius 2 is 1.09 bits per heavy atom. The van der Waals surface area contributed by atoms with Crippen LogP contribution in [0.5, 0.6) is 17.2 Å². The summed E-state index contributed by atoms with van der Waals surface area (Å²) < 4.78 is 11.0. The zero-order valence-electron chi connectivity index (χ0n) is 12.2. The molecule has 0 saturated carbocycles. The second-order valence-electron chi connectivity index (χ2n) is 4.66. The summed E-state index contributed by atoms with van der Waals surface area (Å²) in [5.74, 6) is 2.55. The molecule has 0 radical (unpaired) electrons. The minimum Gasteiger partial charge on any atom is -0.497 e. The summed E-state index contributed by atoms with van der Waals surface area (Å²) in [6.07, 6.45) is 0. The van der Waals surface area contributed by atoms with Gasteiger partial charge in [0, 0.05) is 9.79 Å². The number of hydrogen-bond acceptors (Lipinski definition) is 3. The van der Waals surface area contributed by atoms with Crippen molar-refractivity contribution < 1.29 is 9.47 Å². The molecule has 3 aromatic rings. The standard InChI is InChI=1S/C19H16O2S/c1-20-15-7-11-18(12-8-15)22-19-13-9-17(10-14-19)21-16-5-3-2-4-6-16/h2-14H,1H3. The molecule has 0 saturated heterocycles. The Labute approximate surface area is 134 Å². The van der Waals surface area contributed by atoms with Gasteiger partial charge in [0.25, 0.3) is 0 Å². The van der Waals surface area contributed by atoms with Gasteiger partial charge in [0.1, 0.15) is 17.2 Å². The van der Waals surface area contributed by atoms with Crippen LogP contribution in [0.25, 0.3) is 0 Å². The van der Waals surface area contributed by atoms with E-state index in [2.05, 4.69) is 24.3 Å². The normalized spacial score (nSPS) is 10.2. The van der Waals surface area contributed by atoms with Crippen LogP contribution in [0.15, 0.2) is 88.7 Å². The maximum absolute atomic E-state index is 5.79. The summed E-state index contributed by atoms with van der Waals surface area (Å²) in [5.41, 5.74) is 0. The Morgan fingerprint density at radius 1 is 0.591 bits per heavy atom. The molecule has 0 atom stereocenters. The lowest BCUT2D eigenvalue weighted by Gasteiger charge is -2.07. The fourth-order valence-corrected chi connectivity index (χ4v) is 2.80. The first-order chi connectivity index (χ1) is 10.8. The fraction of sp³-hybridized carbons (Fsp3) is 0.0526. The van der Waals surface area contributed by atoms with Gasteiger partial charge in [-0.05, 0) is 60.7 Å². The van der Waals surface area contributed by atoms with E-state index in [0.29, 0.717) is 0 Å². The highest BCUT2D eigenvalue weighted by atomic mass is 32.2. The van der Waals surface area contributed by atoms with Gasteiger partial charge in [-0.3, -0.25) is 0 Å². The highest BCUT2D eigenvalue weighted by molar-refractivity contribution is 7.99. The van der Waals surface area contributed by atoms with Crippen LogP contribution in [0.4, 0.5) is 0 Å². The van der Waals surface area contributed by atoms with E-state index in [0.717, 1.165) is 17.2 Å². The number of para-hydroxylation sites is 1. The molecule has 0 unspecified atom stereocenters. The van der Waals surface area contributed by atoms with Crippen molar-refractivity contribution in [3.63, 3.8) is 0 Å². The second-order valence-corrected chi connectivity index (χ2v) is 5.81. The van der Waals surface area contributed by atoms with Gasteiger partial charge in [0.2, 0.25) is 0 Å². The van der Waals surface area contributed by atoms with E-state index in [-0.39, 0.29) is 0 Å². The zero-order valence-corrected chi connectivity index (χ0v) is 13.0. The molecule has 3 rings (SSSR count). The first-order valence-electron chi connectivity index (χ1n) is 6.98. The van der Waals surface area contributed by atoms with Gasteiger partial charge >= 0.3 is 0 Å². The van der Waals surface area contributed by atoms with Gasteiger partial charge in [-0.1, -0.05) is 30.0 Å². The van der Waals surface area contributed by atoms with Gasteiger partial charge in [0.15, 0.2) is 0 Å². The molecule has 0 heterocycles. The third-order valence-electron chi connectivity index (χ3n) is 3.10. The molecular weight excluding hydrogens is 292 g/mol. The molecule has 0 spiro atoms. The highest BCUT2D eigenvalue weighted by Crippen LogP contribution is 2.31. The first-order valence-corrected chi connectivity index (χ1v) is 7.80. The lowest BCUT2D eigenvalue weighted by Crippen LogP contribution is -1.83. The number of ether oxygens (including phenoxy) is 2. The van der Waals surface area contributed by atoms with E-state index < -0.39 is 0 Å². The Hall–Kier alpha value is -2.39. The predicted molar refractivity (Wildman–Crippen MR) is 90.1 cm³/mol. The van der Waals surface area contributed by atoms with Crippen molar-refractivity contribution in [3.05, 3.63) is 78.9 Å². The molecule has 0 fully saturated rings. The van der Waals surface area contributed by atoms with Crippen molar-refractivity contribution in [1.82, 2.24) is 0 Å². The molecule has 110 valence electrons. The van der Waals surface area contributed by atoms with Crippen molar-refractivity contribution >= 4 is 11.8 Å². The van der Waals surface area contributed by atoms with E-state index in [9.17, 15) is 0 Å². The number of rotatable bonds is 5. The number of benzene rings is 3. The summed E-state index contributed by atoms with van der Waals surface area (Å²) in [4.78, 5) is 2.35. The van der Waals surface area contributed by atoms with Gasteiger partial charge in [0.05, 0.1) is 7.11 Å². The summed E-state index contributed by atoms with van der Waals surface area (Å²) in [6.45, 7) is 0. The average Bonchev–Trinajstić information content (AvgIpc) is 2.58. The van der Waals surface area contributed by atoms with Crippen LogP contribution in [-0.4, -0.2) is 7.11 Å². The Morgan fingerprint density at radius 3 is 1.64 bits per heavy atom. The minimum absolute atomic E-state index is 0.838. The smallest absolute Gasteiger partial charge is 0.127 e. The zero-order chi connectivity index (χ0) is 15.2. The Kier molecular flexibility index (Phi) is 4.66. The van der Waals surface area contributed by atoms with Crippen LogP contribution in [0.3, 0.4) is 0 Å². The van der Waals surface area contributed by atoms with E-state index in [1.807, 2.05) is 54.6 Å². The van der Waals surface area contributed by atoms with Crippen LogP contribution >= 0.6 is 11.8 Å². The SMILES string of the molecule is COc1ccc(Sc2ccc(Oc3ccccc3)cc2)cc1. The summed E-state index contributed by atoms with van der Waals surface area (Å²) in [7, 11) is 1.67. The van der Waals surface area contributed by atoms with Crippen molar-refractivity contribution in [2.45, 2.75) is 9.79 Å². The summed E-state index contributed by atoms with van der Waals surface area (Å²) >= 11 is 1.71. The van der Waals surface area contributed by atoms with E-state index in [1.165, 1.54) is 9.79 Å². The third kappa shape index (κ3) is 3.83. The molecule has 3 aromatic carbocycles. The van der Waals surface area contributed by atoms with Gasteiger partial charge in [-0.2, -0.15) is 0 Å². The molecule has 0 aromatic heterocycles. The van der Waals surface area contributed by atoms with Crippen LogP contribution in [-0.2, 0) is 0 Å². The number of hydrogen-bond donors (Lipinski definition) is 0. The average molecular weight is 308 g/mol. The van der Waals surface area contributed by atoms with Gasteiger partial charge in [-0.25, -0.2) is 0 Å². The van der Waals surface area contributed by atoms with Crippen LogP contribution < -0.4 is 9.47 Å². The van der Waals surface area contributed by atoms with Gasteiger partial charge in [-0.15, -0.1) is 0 Å². The summed E-state index contributed by atoms with van der Waals surface area (Å²) in [6, 6.07) is 25.9. The maximum Gasteiger partial charge on any atom is 0.127 e. The predicted octanol–water partition coefficient (Wildman–Crippen LogP) is 5.64. The molecule has 0 amide bonds. The second kappa shape index (κ2) is 7.05. The van der Waals surface area contributed by atoms with Gasteiger partial charge < -0.3 is 9.47 Å². The minimum atomic E-state index is 0.838. The summed E-state index contributed by atoms with van der Waals surface area (Å²) in [5, 5.41) is 0. The quantitative estimate of drug-likeness (QED) is 0.608. The monoisotopic (exact) mass is 308 g/mol. The van der Waals surface area contributed by atoms with Crippen molar-refractivity contribution in [2.75, 3.05) is 7.11 Å². The van der Waals surface area contributed by atoms with E-state index in [1.54, 1.807) is 18.9 Å². The van der Waals surface area contributed by atoms with Crippen molar-refractivity contribution in [3.8, 4) is 17.2 Å². The highest BCUT2D eigenvalue weighted by Gasteiger charge is 2.00. The van der Waals surface area contributed by atoms with Crippen molar-refractivity contribution in [2.24, 2.45) is 0 Å². The molecule has 0 N–H and O–H groups in total. The fourth-order valence-electron chi connectivity index (χ4n) is 1.98. The Bertz CT molecular complexity index is 707. The lowest BCUT2D eigenvalue weighted by molar-refractivity contribution is 0.414. The number of methoxy groups -OCH3 is 1. The third-order valence-corrected chi connectivity index (χ3v) is 4.11. The van der Waals surface area contributed by atoms with E-state index >= 15 is 0 Å². The van der Waals surface area contributed by atoms with Crippen LogP contribution in [0.1, 0.15) is 0 Å². The molecule has 0 aliphatic carbocycles. The molecule has 3 heteroatoms. The largest absolute Gasteiger partial charge is 0.497 e. The maximum atomic E-state index is 5.79. The van der Waals surface area contributed by atoms with Crippen molar-refractivity contribution in [1.29, 1.82) is 0 Å². The lowest BCUT2D eigenvalue weighted by atomic mass is 10.3. The molecule has 0 aliphatic rings. The molecular formula is C19H16O2S. The topological polar surface area (TPSA) is 18.5 Å².